The lowest BCUT2D eigenvalue weighted by molar-refractivity contribution is -0.0630. The van der Waals surface area contributed by atoms with Crippen LogP contribution in [0.2, 0.25) is 0 Å². The predicted octanol–water partition coefficient (Wildman–Crippen LogP) is 4.89. The van der Waals surface area contributed by atoms with Crippen LogP contribution in [0.3, 0.4) is 0 Å². The van der Waals surface area contributed by atoms with E-state index in [1.54, 1.807) is 12.5 Å². The SMILES string of the molecule is CC(C)(C)N(CC1(O)CCN(C2CCN(c3nc4ccc(C(=O)NCCCn5ccnc5)cc4nc3-c3ccccc3)CC2)CC1)C(=O)O. The number of anilines is 1. The molecular formula is C37H48N8O4. The minimum Gasteiger partial charge on any atom is -0.465 e. The van der Waals surface area contributed by atoms with E-state index >= 15 is 0 Å². The molecule has 0 aliphatic carbocycles. The molecule has 2 aromatic heterocycles. The van der Waals surface area contributed by atoms with Crippen molar-refractivity contribution >= 4 is 28.9 Å². The van der Waals surface area contributed by atoms with Crippen molar-refractivity contribution in [2.24, 2.45) is 0 Å². The van der Waals surface area contributed by atoms with Gasteiger partial charge in [0.25, 0.3) is 5.91 Å². The quantitative estimate of drug-likeness (QED) is 0.202. The average Bonchev–Trinajstić information content (AvgIpc) is 3.62. The second-order valence-electron chi connectivity index (χ2n) is 14.4. The molecule has 2 aliphatic rings. The Morgan fingerprint density at radius 3 is 2.39 bits per heavy atom. The Bertz CT molecular complexity index is 1720. The van der Waals surface area contributed by atoms with E-state index in [9.17, 15) is 19.8 Å². The fourth-order valence-corrected chi connectivity index (χ4v) is 6.97. The summed E-state index contributed by atoms with van der Waals surface area (Å²) in [6.45, 7) is 10.2. The first kappa shape index (κ1) is 34.3. The molecule has 2 saturated heterocycles. The van der Waals surface area contributed by atoms with Crippen molar-refractivity contribution in [3.8, 4) is 11.3 Å². The molecule has 12 heteroatoms. The summed E-state index contributed by atoms with van der Waals surface area (Å²) in [6, 6.07) is 16.0. The van der Waals surface area contributed by atoms with E-state index in [0.29, 0.717) is 36.5 Å². The Hall–Kier alpha value is -4.55. The molecule has 0 bridgehead atoms. The fourth-order valence-electron chi connectivity index (χ4n) is 6.97. The van der Waals surface area contributed by atoms with Crippen molar-refractivity contribution in [3.05, 3.63) is 72.8 Å². The number of imidazole rings is 1. The van der Waals surface area contributed by atoms with E-state index in [1.165, 1.54) is 4.90 Å². The lowest BCUT2D eigenvalue weighted by Crippen LogP contribution is -2.58. The highest BCUT2D eigenvalue weighted by atomic mass is 16.4. The van der Waals surface area contributed by atoms with Crippen LogP contribution in [0.15, 0.2) is 67.3 Å². The molecule has 0 radical (unpaired) electrons. The van der Waals surface area contributed by atoms with Gasteiger partial charge in [0, 0.05) is 74.4 Å². The number of carboxylic acid groups (broad SMARTS) is 1. The number of carbonyl (C=O) groups is 2. The van der Waals surface area contributed by atoms with Crippen LogP contribution in [-0.2, 0) is 6.54 Å². The highest BCUT2D eigenvalue weighted by Gasteiger charge is 2.40. The number of nitrogens with zero attached hydrogens (tertiary/aromatic N) is 7. The van der Waals surface area contributed by atoms with E-state index in [0.717, 1.165) is 74.6 Å². The molecule has 4 heterocycles. The van der Waals surface area contributed by atoms with E-state index < -0.39 is 17.2 Å². The van der Waals surface area contributed by atoms with Gasteiger partial charge < -0.3 is 34.8 Å². The number of β-amino-alcohol motifs (C(OH)–C–C–N with tert-alkyl or cyclic N) is 1. The van der Waals surface area contributed by atoms with Gasteiger partial charge in [-0.05, 0) is 71.1 Å². The molecule has 0 atom stereocenters. The van der Waals surface area contributed by atoms with Crippen LogP contribution in [0.4, 0.5) is 10.6 Å². The maximum atomic E-state index is 13.0. The molecule has 6 rings (SSSR count). The maximum absolute atomic E-state index is 13.0. The summed E-state index contributed by atoms with van der Waals surface area (Å²) in [5.74, 6) is 0.712. The summed E-state index contributed by atoms with van der Waals surface area (Å²) >= 11 is 0. The number of aliphatic hydroxyl groups is 1. The second kappa shape index (κ2) is 14.5. The highest BCUT2D eigenvalue weighted by Crippen LogP contribution is 2.34. The van der Waals surface area contributed by atoms with Gasteiger partial charge >= 0.3 is 6.09 Å². The number of piperidine rings is 2. The van der Waals surface area contributed by atoms with Crippen LogP contribution in [0.1, 0.15) is 63.2 Å². The van der Waals surface area contributed by atoms with Crippen molar-refractivity contribution in [3.63, 3.8) is 0 Å². The number of fused-ring (bicyclic) bond motifs is 1. The van der Waals surface area contributed by atoms with Gasteiger partial charge in [-0.15, -0.1) is 0 Å². The Morgan fingerprint density at radius 2 is 1.73 bits per heavy atom. The van der Waals surface area contributed by atoms with Crippen LogP contribution < -0.4 is 10.2 Å². The lowest BCUT2D eigenvalue weighted by atomic mass is 9.87. The summed E-state index contributed by atoms with van der Waals surface area (Å²) in [7, 11) is 0. The predicted molar refractivity (Wildman–Crippen MR) is 190 cm³/mol. The number of aryl methyl sites for hydroxylation is 1. The van der Waals surface area contributed by atoms with Gasteiger partial charge in [-0.25, -0.2) is 19.7 Å². The third kappa shape index (κ3) is 8.19. The van der Waals surface area contributed by atoms with E-state index in [-0.39, 0.29) is 12.5 Å². The van der Waals surface area contributed by atoms with Crippen molar-refractivity contribution in [2.75, 3.05) is 44.2 Å². The zero-order chi connectivity index (χ0) is 34.6. The largest absolute Gasteiger partial charge is 0.465 e. The van der Waals surface area contributed by atoms with E-state index in [4.69, 9.17) is 9.97 Å². The van der Waals surface area contributed by atoms with Crippen LogP contribution >= 0.6 is 0 Å². The van der Waals surface area contributed by atoms with Crippen molar-refractivity contribution in [1.29, 1.82) is 0 Å². The van der Waals surface area contributed by atoms with Crippen molar-refractivity contribution in [1.82, 2.24) is 34.6 Å². The highest BCUT2D eigenvalue weighted by molar-refractivity contribution is 5.98. The van der Waals surface area contributed by atoms with Gasteiger partial charge in [0.2, 0.25) is 0 Å². The van der Waals surface area contributed by atoms with Crippen LogP contribution in [-0.4, -0.2) is 108 Å². The van der Waals surface area contributed by atoms with Gasteiger partial charge in [-0.3, -0.25) is 4.79 Å². The molecular weight excluding hydrogens is 620 g/mol. The Balaban J connectivity index is 1.11. The van der Waals surface area contributed by atoms with Crippen LogP contribution in [0.5, 0.6) is 0 Å². The summed E-state index contributed by atoms with van der Waals surface area (Å²) < 4.78 is 1.99. The van der Waals surface area contributed by atoms with E-state index in [1.807, 2.05) is 80.1 Å². The Morgan fingerprint density at radius 1 is 1.00 bits per heavy atom. The topological polar surface area (TPSA) is 140 Å². The van der Waals surface area contributed by atoms with Crippen LogP contribution in [0.25, 0.3) is 22.3 Å². The molecule has 49 heavy (non-hydrogen) atoms. The molecule has 3 N–H and O–H groups in total. The normalized spacial score (nSPS) is 17.3. The molecule has 0 spiro atoms. The maximum Gasteiger partial charge on any atom is 0.407 e. The third-order valence-corrected chi connectivity index (χ3v) is 9.90. The smallest absolute Gasteiger partial charge is 0.407 e. The number of nitrogens with one attached hydrogen (secondary N) is 1. The lowest BCUT2D eigenvalue weighted by Gasteiger charge is -2.47. The van der Waals surface area contributed by atoms with Crippen molar-refractivity contribution in [2.45, 2.75) is 76.6 Å². The number of hydrogen-bond donors (Lipinski definition) is 3. The average molecular weight is 669 g/mol. The number of likely N-dealkylation sites (tertiary alicyclic amines) is 1. The minimum absolute atomic E-state index is 0.125. The molecule has 2 aromatic carbocycles. The monoisotopic (exact) mass is 668 g/mol. The Kier molecular flexibility index (Phi) is 10.2. The molecule has 260 valence electrons. The molecule has 2 amide bonds. The standard InChI is InChI=1S/C37H48N8O4/c1-36(2,3)45(35(47)48)25-37(49)14-21-43(22-15-37)29-12-19-44(20-13-29)33-32(27-8-5-4-6-9-27)40-31-24-28(10-11-30(31)41-33)34(46)39-16-7-18-42-23-17-38-26-42/h4-6,8-11,17,23-24,26,29,49H,7,12-16,18-22,25H2,1-3H3,(H,39,46)(H,47,48). The van der Waals surface area contributed by atoms with Gasteiger partial charge in [0.1, 0.15) is 5.69 Å². The van der Waals surface area contributed by atoms with E-state index in [2.05, 4.69) is 20.1 Å². The number of aromatic nitrogens is 4. The number of rotatable bonds is 10. The first-order valence-corrected chi connectivity index (χ1v) is 17.3. The number of benzene rings is 2. The summed E-state index contributed by atoms with van der Waals surface area (Å²) in [6.07, 6.45) is 8.24. The molecule has 12 nitrogen and oxygen atoms in total. The number of hydrogen-bond acceptors (Lipinski definition) is 8. The number of carbonyl (C=O) groups excluding carboxylic acids is 1. The third-order valence-electron chi connectivity index (χ3n) is 9.90. The second-order valence-corrected chi connectivity index (χ2v) is 14.4. The van der Waals surface area contributed by atoms with Gasteiger partial charge in [0.05, 0.1) is 29.5 Å². The van der Waals surface area contributed by atoms with Crippen LogP contribution in [0, 0.1) is 0 Å². The zero-order valence-electron chi connectivity index (χ0n) is 28.8. The molecule has 4 aromatic rings. The summed E-state index contributed by atoms with van der Waals surface area (Å²) in [5.41, 5.74) is 2.16. The van der Waals surface area contributed by atoms with Gasteiger partial charge in [0.15, 0.2) is 5.82 Å². The molecule has 2 fully saturated rings. The Labute approximate surface area is 287 Å². The summed E-state index contributed by atoms with van der Waals surface area (Å²) in [4.78, 5) is 45.3. The molecule has 0 unspecified atom stereocenters. The molecule has 0 saturated carbocycles. The summed E-state index contributed by atoms with van der Waals surface area (Å²) in [5, 5.41) is 24.1. The van der Waals surface area contributed by atoms with Crippen molar-refractivity contribution < 1.29 is 19.8 Å². The first-order chi connectivity index (χ1) is 23.5. The number of amides is 2. The fraction of sp³-hybridized carbons (Fsp3) is 0.486. The van der Waals surface area contributed by atoms with Gasteiger partial charge in [-0.1, -0.05) is 30.3 Å². The minimum atomic E-state index is -1.02. The first-order valence-electron chi connectivity index (χ1n) is 17.3. The molecule has 2 aliphatic heterocycles. The van der Waals surface area contributed by atoms with Gasteiger partial charge in [-0.2, -0.15) is 0 Å². The zero-order valence-corrected chi connectivity index (χ0v) is 28.8.